The second-order valence-electron chi connectivity index (χ2n) is 4.39. The first-order valence-electron chi connectivity index (χ1n) is 5.94. The molecule has 0 spiro atoms. The van der Waals surface area contributed by atoms with Crippen LogP contribution < -0.4 is 4.18 Å². The van der Waals surface area contributed by atoms with Crippen LogP contribution in [-0.2, 0) is 14.6 Å². The van der Waals surface area contributed by atoms with Crippen LogP contribution in [0.1, 0.15) is 25.7 Å². The van der Waals surface area contributed by atoms with Gasteiger partial charge in [0.05, 0.1) is 0 Å². The van der Waals surface area contributed by atoms with Crippen LogP contribution in [0.4, 0.5) is 4.39 Å². The molecule has 1 fully saturated rings. The molecule has 1 aromatic rings. The van der Waals surface area contributed by atoms with Crippen LogP contribution in [0.25, 0.3) is 0 Å². The molecule has 0 bridgehead atoms. The standard InChI is InChI=1S/C12H14ClFO4S/c13-12(9-5-4-8-11(12)14)18-19(15,16)17-10-6-2-1-3-7-10/h1-3,6-7,11H,4-5,8-9H2. The average Bonchev–Trinajstić information content (AvgIpc) is 2.33. The minimum absolute atomic E-state index is 0.0917. The molecule has 0 heterocycles. The lowest BCUT2D eigenvalue weighted by Crippen LogP contribution is -2.42. The summed E-state index contributed by atoms with van der Waals surface area (Å²) in [6.45, 7) is 0. The molecule has 0 aromatic heterocycles. The molecular formula is C12H14ClFO4S. The van der Waals surface area contributed by atoms with Gasteiger partial charge in [0.2, 0.25) is 0 Å². The smallest absolute Gasteiger partial charge is 0.362 e. The van der Waals surface area contributed by atoms with Gasteiger partial charge < -0.3 is 4.18 Å². The minimum Gasteiger partial charge on any atom is -0.362 e. The number of para-hydroxylation sites is 1. The highest BCUT2D eigenvalue weighted by Gasteiger charge is 2.45. The molecule has 0 radical (unpaired) electrons. The van der Waals surface area contributed by atoms with Crippen molar-refractivity contribution in [1.82, 2.24) is 0 Å². The SMILES string of the molecule is O=S(=O)(Oc1ccccc1)OC1(Cl)CCCCC1F. The van der Waals surface area contributed by atoms with Gasteiger partial charge in [-0.2, -0.15) is 8.42 Å². The fourth-order valence-electron chi connectivity index (χ4n) is 1.94. The Kier molecular flexibility index (Phi) is 4.32. The zero-order valence-corrected chi connectivity index (χ0v) is 11.7. The van der Waals surface area contributed by atoms with E-state index in [0.29, 0.717) is 12.8 Å². The van der Waals surface area contributed by atoms with Gasteiger partial charge in [-0.3, -0.25) is 0 Å². The van der Waals surface area contributed by atoms with E-state index in [-0.39, 0.29) is 18.6 Å². The molecule has 2 atom stereocenters. The second kappa shape index (κ2) is 5.64. The van der Waals surface area contributed by atoms with Crippen molar-refractivity contribution in [1.29, 1.82) is 0 Å². The maximum atomic E-state index is 13.7. The topological polar surface area (TPSA) is 52.6 Å². The molecule has 1 aliphatic carbocycles. The minimum atomic E-state index is -4.40. The van der Waals surface area contributed by atoms with Crippen molar-refractivity contribution < 1.29 is 21.2 Å². The van der Waals surface area contributed by atoms with E-state index in [2.05, 4.69) is 0 Å². The van der Waals surface area contributed by atoms with Crippen molar-refractivity contribution in [2.24, 2.45) is 0 Å². The molecule has 1 saturated carbocycles. The molecule has 0 aliphatic heterocycles. The first-order chi connectivity index (χ1) is 8.91. The highest BCUT2D eigenvalue weighted by atomic mass is 35.5. The lowest BCUT2D eigenvalue weighted by molar-refractivity contribution is 0.0251. The molecule has 2 rings (SSSR count). The van der Waals surface area contributed by atoms with Gasteiger partial charge in [-0.25, -0.2) is 8.57 Å². The molecule has 106 valence electrons. The Morgan fingerprint density at radius 3 is 2.58 bits per heavy atom. The molecule has 1 aromatic carbocycles. The van der Waals surface area contributed by atoms with Crippen molar-refractivity contribution in [3.63, 3.8) is 0 Å². The third kappa shape index (κ3) is 3.81. The van der Waals surface area contributed by atoms with Crippen LogP contribution in [0.3, 0.4) is 0 Å². The summed E-state index contributed by atoms with van der Waals surface area (Å²) in [5.41, 5.74) is 0. The lowest BCUT2D eigenvalue weighted by atomic mass is 9.95. The number of halogens is 2. The van der Waals surface area contributed by atoms with E-state index >= 15 is 0 Å². The number of hydrogen-bond donors (Lipinski definition) is 0. The van der Waals surface area contributed by atoms with Crippen molar-refractivity contribution in [2.45, 2.75) is 36.9 Å². The van der Waals surface area contributed by atoms with Gasteiger partial charge in [0.1, 0.15) is 11.9 Å². The van der Waals surface area contributed by atoms with Crippen molar-refractivity contribution in [3.05, 3.63) is 30.3 Å². The van der Waals surface area contributed by atoms with Crippen LogP contribution >= 0.6 is 11.6 Å². The Hall–Kier alpha value is -0.850. The van der Waals surface area contributed by atoms with Crippen LogP contribution in [0.5, 0.6) is 5.75 Å². The van der Waals surface area contributed by atoms with Gasteiger partial charge in [-0.15, -0.1) is 0 Å². The fraction of sp³-hybridized carbons (Fsp3) is 0.500. The number of alkyl halides is 2. The normalized spacial score (nSPS) is 28.0. The number of benzene rings is 1. The Morgan fingerprint density at radius 2 is 1.95 bits per heavy atom. The molecule has 2 unspecified atom stereocenters. The zero-order valence-electron chi connectivity index (χ0n) is 10.1. The predicted molar refractivity (Wildman–Crippen MR) is 69.0 cm³/mol. The van der Waals surface area contributed by atoms with Crippen molar-refractivity contribution >= 4 is 22.0 Å². The Labute approximate surface area is 116 Å². The zero-order chi connectivity index (χ0) is 13.9. The van der Waals surface area contributed by atoms with Crippen LogP contribution in [0.2, 0.25) is 0 Å². The Morgan fingerprint density at radius 1 is 1.26 bits per heavy atom. The molecule has 7 heteroatoms. The summed E-state index contributed by atoms with van der Waals surface area (Å²) in [5.74, 6) is 0.0917. The maximum absolute atomic E-state index is 13.7. The third-order valence-corrected chi connectivity index (χ3v) is 4.37. The largest absolute Gasteiger partial charge is 0.450 e. The van der Waals surface area contributed by atoms with Crippen LogP contribution in [0, 0.1) is 0 Å². The molecule has 0 amide bonds. The van der Waals surface area contributed by atoms with E-state index in [1.54, 1.807) is 18.2 Å². The van der Waals surface area contributed by atoms with E-state index in [1.165, 1.54) is 12.1 Å². The van der Waals surface area contributed by atoms with Gasteiger partial charge in [-0.05, 0) is 31.4 Å². The summed E-state index contributed by atoms with van der Waals surface area (Å²) in [7, 11) is -4.40. The predicted octanol–water partition coefficient (Wildman–Crippen LogP) is 3.17. The highest BCUT2D eigenvalue weighted by Crippen LogP contribution is 2.39. The van der Waals surface area contributed by atoms with Crippen LogP contribution in [-0.4, -0.2) is 19.6 Å². The van der Waals surface area contributed by atoms with Crippen molar-refractivity contribution in [3.8, 4) is 5.75 Å². The monoisotopic (exact) mass is 308 g/mol. The van der Waals surface area contributed by atoms with E-state index < -0.39 is 21.6 Å². The van der Waals surface area contributed by atoms with Gasteiger partial charge in [0.15, 0.2) is 5.06 Å². The molecule has 1 aliphatic rings. The van der Waals surface area contributed by atoms with Gasteiger partial charge in [0, 0.05) is 0 Å². The summed E-state index contributed by atoms with van der Waals surface area (Å²) in [6.07, 6.45) is 0.0675. The summed E-state index contributed by atoms with van der Waals surface area (Å²) in [5, 5.41) is -1.86. The molecular weight excluding hydrogens is 295 g/mol. The first kappa shape index (κ1) is 14.6. The van der Waals surface area contributed by atoms with Gasteiger partial charge >= 0.3 is 10.4 Å². The van der Waals surface area contributed by atoms with E-state index in [9.17, 15) is 12.8 Å². The van der Waals surface area contributed by atoms with Crippen LogP contribution in [0.15, 0.2) is 30.3 Å². The Bertz CT molecular complexity index is 522. The Balaban J connectivity index is 2.08. The summed E-state index contributed by atoms with van der Waals surface area (Å²) < 4.78 is 46.6. The molecule has 0 saturated heterocycles. The third-order valence-electron chi connectivity index (χ3n) is 2.88. The quantitative estimate of drug-likeness (QED) is 0.802. The molecule has 19 heavy (non-hydrogen) atoms. The van der Waals surface area contributed by atoms with Gasteiger partial charge in [-0.1, -0.05) is 36.2 Å². The number of hydrogen-bond acceptors (Lipinski definition) is 4. The molecule has 0 N–H and O–H groups in total. The fourth-order valence-corrected chi connectivity index (χ4v) is 3.32. The molecule has 4 nitrogen and oxygen atoms in total. The first-order valence-corrected chi connectivity index (χ1v) is 7.65. The lowest BCUT2D eigenvalue weighted by Gasteiger charge is -2.32. The van der Waals surface area contributed by atoms with E-state index in [1.807, 2.05) is 0 Å². The van der Waals surface area contributed by atoms with Crippen molar-refractivity contribution in [2.75, 3.05) is 0 Å². The van der Waals surface area contributed by atoms with E-state index in [4.69, 9.17) is 20.0 Å². The second-order valence-corrected chi connectivity index (χ2v) is 6.18. The highest BCUT2D eigenvalue weighted by molar-refractivity contribution is 7.82. The summed E-state index contributed by atoms with van der Waals surface area (Å²) >= 11 is 5.92. The summed E-state index contributed by atoms with van der Waals surface area (Å²) in [4.78, 5) is 0. The maximum Gasteiger partial charge on any atom is 0.450 e. The average molecular weight is 309 g/mol. The van der Waals surface area contributed by atoms with E-state index in [0.717, 1.165) is 0 Å². The number of rotatable bonds is 4. The van der Waals surface area contributed by atoms with Gasteiger partial charge in [0.25, 0.3) is 0 Å². The summed E-state index contributed by atoms with van der Waals surface area (Å²) in [6, 6.07) is 7.84.